The van der Waals surface area contributed by atoms with Crippen LogP contribution in [0.2, 0.25) is 0 Å². The van der Waals surface area contributed by atoms with E-state index in [1.165, 1.54) is 37.5 Å². The molecule has 1 aromatic rings. The van der Waals surface area contributed by atoms with E-state index in [1.807, 2.05) is 0 Å². The summed E-state index contributed by atoms with van der Waals surface area (Å²) in [4.78, 5) is 21.1. The molecule has 0 radical (unpaired) electrons. The fourth-order valence-electron chi connectivity index (χ4n) is 1.28. The first-order valence-corrected chi connectivity index (χ1v) is 5.25. The average molecular weight is 251 g/mol. The molecule has 0 heterocycles. The maximum absolute atomic E-state index is 11.0. The fraction of sp³-hybridized carbons (Fsp3) is 0.250. The lowest BCUT2D eigenvalue weighted by molar-refractivity contribution is -0.384. The Morgan fingerprint density at radius 1 is 1.50 bits per heavy atom. The van der Waals surface area contributed by atoms with E-state index >= 15 is 0 Å². The molecule has 96 valence electrons. The number of nitro benzene ring substituents is 1. The molecule has 0 atom stereocenters. The van der Waals surface area contributed by atoms with Gasteiger partial charge in [-0.15, -0.1) is 0 Å². The van der Waals surface area contributed by atoms with E-state index in [0.717, 1.165) is 0 Å². The first kappa shape index (κ1) is 13.7. The zero-order valence-corrected chi connectivity index (χ0v) is 10.1. The zero-order valence-electron chi connectivity index (χ0n) is 10.1. The van der Waals surface area contributed by atoms with Crippen LogP contribution in [0.1, 0.15) is 12.5 Å². The van der Waals surface area contributed by atoms with E-state index in [0.29, 0.717) is 17.9 Å². The van der Waals surface area contributed by atoms with E-state index in [1.54, 1.807) is 6.92 Å². The largest absolute Gasteiger partial charge is 0.493 e. The minimum absolute atomic E-state index is 0.0614. The quantitative estimate of drug-likeness (QED) is 0.347. The zero-order chi connectivity index (χ0) is 13.5. The maximum Gasteiger partial charge on any atom is 0.330 e. The number of carbonyl (C=O) groups excluding carboxylic acids is 1. The third-order valence-corrected chi connectivity index (χ3v) is 2.11. The molecule has 0 spiro atoms. The van der Waals surface area contributed by atoms with Gasteiger partial charge in [-0.05, 0) is 19.1 Å². The number of nitrogens with zero attached hydrogens (tertiary/aromatic N) is 1. The topological polar surface area (TPSA) is 78.7 Å². The van der Waals surface area contributed by atoms with Crippen molar-refractivity contribution in [1.29, 1.82) is 0 Å². The summed E-state index contributed by atoms with van der Waals surface area (Å²) in [5, 5.41) is 10.6. The number of hydrogen-bond donors (Lipinski definition) is 0. The van der Waals surface area contributed by atoms with Gasteiger partial charge in [-0.3, -0.25) is 10.1 Å². The van der Waals surface area contributed by atoms with Gasteiger partial charge in [-0.2, -0.15) is 0 Å². The number of benzene rings is 1. The second-order valence-corrected chi connectivity index (χ2v) is 3.27. The fourth-order valence-corrected chi connectivity index (χ4v) is 1.28. The third-order valence-electron chi connectivity index (χ3n) is 2.11. The summed E-state index contributed by atoms with van der Waals surface area (Å²) in [5.41, 5.74) is 0.515. The van der Waals surface area contributed by atoms with Gasteiger partial charge in [0.25, 0.3) is 5.69 Å². The Kier molecular flexibility index (Phi) is 4.86. The van der Waals surface area contributed by atoms with E-state index in [-0.39, 0.29) is 5.69 Å². The van der Waals surface area contributed by atoms with Gasteiger partial charge in [-0.25, -0.2) is 4.79 Å². The van der Waals surface area contributed by atoms with Crippen molar-refractivity contribution in [2.75, 3.05) is 13.7 Å². The molecule has 0 bridgehead atoms. The average Bonchev–Trinajstić information content (AvgIpc) is 2.36. The van der Waals surface area contributed by atoms with Crippen molar-refractivity contribution >= 4 is 17.7 Å². The molecule has 0 aliphatic rings. The van der Waals surface area contributed by atoms with Gasteiger partial charge in [0.2, 0.25) is 0 Å². The summed E-state index contributed by atoms with van der Waals surface area (Å²) in [5.74, 6) is -0.150. The van der Waals surface area contributed by atoms with E-state index in [4.69, 9.17) is 4.74 Å². The highest BCUT2D eigenvalue weighted by molar-refractivity contribution is 5.87. The number of esters is 1. The number of ether oxygens (including phenoxy) is 2. The monoisotopic (exact) mass is 251 g/mol. The van der Waals surface area contributed by atoms with Crippen LogP contribution < -0.4 is 4.74 Å². The van der Waals surface area contributed by atoms with Crippen LogP contribution in [0.5, 0.6) is 5.75 Å². The third kappa shape index (κ3) is 3.58. The first-order valence-electron chi connectivity index (χ1n) is 5.25. The Morgan fingerprint density at radius 3 is 2.78 bits per heavy atom. The van der Waals surface area contributed by atoms with E-state index in [9.17, 15) is 14.9 Å². The molecule has 0 unspecified atom stereocenters. The number of nitro groups is 1. The molecule has 1 rings (SSSR count). The molecular weight excluding hydrogens is 238 g/mol. The molecular formula is C12H13NO5. The lowest BCUT2D eigenvalue weighted by Crippen LogP contribution is -1.97. The van der Waals surface area contributed by atoms with Crippen molar-refractivity contribution in [3.63, 3.8) is 0 Å². The van der Waals surface area contributed by atoms with Crippen molar-refractivity contribution in [1.82, 2.24) is 0 Å². The van der Waals surface area contributed by atoms with Gasteiger partial charge in [0.05, 0.1) is 24.7 Å². The standard InChI is InChI=1S/C12H13NO5/c1-3-18-11-8-10(13(15)16)6-4-9(11)5-7-12(14)17-2/h4-8H,3H2,1-2H3/b7-5+. The Labute approximate surface area is 104 Å². The molecule has 0 fully saturated rings. The highest BCUT2D eigenvalue weighted by Gasteiger charge is 2.10. The Bertz CT molecular complexity index is 481. The van der Waals surface area contributed by atoms with Gasteiger partial charge < -0.3 is 9.47 Å². The highest BCUT2D eigenvalue weighted by atomic mass is 16.6. The SMILES string of the molecule is CCOc1cc([N+](=O)[O-])ccc1/C=C/C(=O)OC. The maximum atomic E-state index is 11.0. The molecule has 18 heavy (non-hydrogen) atoms. The minimum Gasteiger partial charge on any atom is -0.493 e. The predicted octanol–water partition coefficient (Wildman–Crippen LogP) is 2.18. The molecule has 0 N–H and O–H groups in total. The second kappa shape index (κ2) is 6.39. The molecule has 0 saturated heterocycles. The Balaban J connectivity index is 3.07. The van der Waals surface area contributed by atoms with Crippen LogP contribution in [0.15, 0.2) is 24.3 Å². The van der Waals surface area contributed by atoms with Crippen LogP contribution in [0.3, 0.4) is 0 Å². The van der Waals surface area contributed by atoms with Gasteiger partial charge in [0.15, 0.2) is 0 Å². The summed E-state index contributed by atoms with van der Waals surface area (Å²) in [6.45, 7) is 2.15. The van der Waals surface area contributed by atoms with Crippen molar-refractivity contribution in [2.45, 2.75) is 6.92 Å². The molecule has 6 nitrogen and oxygen atoms in total. The summed E-state index contributed by atoms with van der Waals surface area (Å²) in [7, 11) is 1.27. The normalized spacial score (nSPS) is 10.3. The highest BCUT2D eigenvalue weighted by Crippen LogP contribution is 2.26. The number of carbonyl (C=O) groups is 1. The minimum atomic E-state index is -0.504. The molecule has 6 heteroatoms. The second-order valence-electron chi connectivity index (χ2n) is 3.27. The van der Waals surface area contributed by atoms with Crippen LogP contribution in [0.25, 0.3) is 6.08 Å². The van der Waals surface area contributed by atoms with Crippen LogP contribution in [0, 0.1) is 10.1 Å². The Hall–Kier alpha value is -2.37. The van der Waals surface area contributed by atoms with Crippen LogP contribution in [0.4, 0.5) is 5.69 Å². The van der Waals surface area contributed by atoms with E-state index < -0.39 is 10.9 Å². The van der Waals surface area contributed by atoms with E-state index in [2.05, 4.69) is 4.74 Å². The van der Waals surface area contributed by atoms with Gasteiger partial charge in [0, 0.05) is 17.7 Å². The molecule has 1 aromatic carbocycles. The summed E-state index contributed by atoms with van der Waals surface area (Å²) in [6.07, 6.45) is 2.71. The van der Waals surface area contributed by atoms with Crippen molar-refractivity contribution in [2.24, 2.45) is 0 Å². The van der Waals surface area contributed by atoms with Gasteiger partial charge >= 0.3 is 5.97 Å². The molecule has 0 aliphatic heterocycles. The molecule has 0 amide bonds. The lowest BCUT2D eigenvalue weighted by atomic mass is 10.1. The van der Waals surface area contributed by atoms with Crippen molar-refractivity contribution < 1.29 is 19.2 Å². The molecule has 0 saturated carbocycles. The number of hydrogen-bond acceptors (Lipinski definition) is 5. The number of methoxy groups -OCH3 is 1. The van der Waals surface area contributed by atoms with Gasteiger partial charge in [-0.1, -0.05) is 0 Å². The van der Waals surface area contributed by atoms with Gasteiger partial charge in [0.1, 0.15) is 5.75 Å². The predicted molar refractivity (Wildman–Crippen MR) is 65.3 cm³/mol. The lowest BCUT2D eigenvalue weighted by Gasteiger charge is -2.06. The number of non-ortho nitro benzene ring substituents is 1. The number of rotatable bonds is 5. The van der Waals surface area contributed by atoms with Crippen molar-refractivity contribution in [3.05, 3.63) is 40.0 Å². The molecule has 0 aliphatic carbocycles. The van der Waals surface area contributed by atoms with Crippen molar-refractivity contribution in [3.8, 4) is 5.75 Å². The van der Waals surface area contributed by atoms with Crippen LogP contribution in [-0.2, 0) is 9.53 Å². The van der Waals surface area contributed by atoms with Crippen LogP contribution in [-0.4, -0.2) is 24.6 Å². The summed E-state index contributed by atoms with van der Waals surface area (Å²) in [6, 6.07) is 4.18. The Morgan fingerprint density at radius 2 is 2.22 bits per heavy atom. The smallest absolute Gasteiger partial charge is 0.330 e. The summed E-state index contributed by atoms with van der Waals surface area (Å²) >= 11 is 0. The van der Waals surface area contributed by atoms with Crippen LogP contribution >= 0.6 is 0 Å². The summed E-state index contributed by atoms with van der Waals surface area (Å²) < 4.78 is 9.74. The molecule has 0 aromatic heterocycles. The first-order chi connectivity index (χ1) is 8.58.